The zero-order valence-corrected chi connectivity index (χ0v) is 9.32. The fourth-order valence-electron chi connectivity index (χ4n) is 1.97. The Morgan fingerprint density at radius 2 is 1.94 bits per heavy atom. The Hall–Kier alpha value is -1.51. The predicted octanol–water partition coefficient (Wildman–Crippen LogP) is 2.86. The predicted molar refractivity (Wildman–Crippen MR) is 62.0 cm³/mol. The summed E-state index contributed by atoms with van der Waals surface area (Å²) in [5, 5.41) is 2.76. The molecular formula is C13H17NO2. The van der Waals surface area contributed by atoms with Crippen LogP contribution in [0, 0.1) is 0 Å². The third-order valence-electron chi connectivity index (χ3n) is 2.86. The Kier molecular flexibility index (Phi) is 3.81. The van der Waals surface area contributed by atoms with Crippen molar-refractivity contribution < 1.29 is 9.53 Å². The lowest BCUT2D eigenvalue weighted by atomic mass is 10.2. The van der Waals surface area contributed by atoms with Crippen LogP contribution in [0.3, 0.4) is 0 Å². The summed E-state index contributed by atoms with van der Waals surface area (Å²) in [6.07, 6.45) is 4.22. The molecule has 0 bridgehead atoms. The minimum atomic E-state index is -0.296. The van der Waals surface area contributed by atoms with E-state index in [4.69, 9.17) is 4.74 Å². The second-order valence-electron chi connectivity index (χ2n) is 4.15. The highest BCUT2D eigenvalue weighted by molar-refractivity contribution is 5.67. The summed E-state index contributed by atoms with van der Waals surface area (Å²) in [6, 6.07) is 9.84. The van der Waals surface area contributed by atoms with Crippen molar-refractivity contribution >= 4 is 6.09 Å². The zero-order valence-electron chi connectivity index (χ0n) is 9.32. The van der Waals surface area contributed by atoms with E-state index in [1.807, 2.05) is 30.3 Å². The minimum absolute atomic E-state index is 0.135. The van der Waals surface area contributed by atoms with E-state index in [1.54, 1.807) is 0 Å². The minimum Gasteiger partial charge on any atom is -0.446 e. The van der Waals surface area contributed by atoms with Gasteiger partial charge in [0.15, 0.2) is 0 Å². The van der Waals surface area contributed by atoms with E-state index in [2.05, 4.69) is 5.32 Å². The van der Waals surface area contributed by atoms with Crippen LogP contribution in [0.5, 0.6) is 0 Å². The van der Waals surface area contributed by atoms with Gasteiger partial charge in [-0.25, -0.2) is 4.79 Å². The van der Waals surface area contributed by atoms with E-state index >= 15 is 0 Å². The highest BCUT2D eigenvalue weighted by Gasteiger charge is 2.18. The molecule has 1 amide bonds. The van der Waals surface area contributed by atoms with Gasteiger partial charge in [-0.3, -0.25) is 0 Å². The van der Waals surface area contributed by atoms with Gasteiger partial charge in [-0.1, -0.05) is 30.3 Å². The molecule has 1 aromatic carbocycles. The maximum Gasteiger partial charge on any atom is 0.407 e. The average molecular weight is 219 g/mol. The third-order valence-corrected chi connectivity index (χ3v) is 2.86. The maximum atomic E-state index is 11.4. The van der Waals surface area contributed by atoms with E-state index in [-0.39, 0.29) is 12.2 Å². The second kappa shape index (κ2) is 5.54. The number of benzene rings is 1. The van der Waals surface area contributed by atoms with Gasteiger partial charge in [-0.15, -0.1) is 0 Å². The van der Waals surface area contributed by atoms with Crippen molar-refractivity contribution in [1.29, 1.82) is 0 Å². The van der Waals surface area contributed by atoms with Crippen LogP contribution >= 0.6 is 0 Å². The lowest BCUT2D eigenvalue weighted by molar-refractivity contribution is 0.101. The molecule has 16 heavy (non-hydrogen) atoms. The summed E-state index contributed by atoms with van der Waals surface area (Å²) in [6.45, 7) is 0.534. The number of hydrogen-bond acceptors (Lipinski definition) is 2. The Labute approximate surface area is 95.8 Å². The van der Waals surface area contributed by atoms with E-state index < -0.39 is 0 Å². The molecule has 1 fully saturated rings. The molecule has 0 spiro atoms. The molecule has 1 saturated carbocycles. The molecule has 2 rings (SSSR count). The molecule has 1 N–H and O–H groups in total. The molecule has 0 aliphatic heterocycles. The molecule has 1 aliphatic rings. The van der Waals surface area contributed by atoms with Gasteiger partial charge >= 0.3 is 6.09 Å². The molecule has 86 valence electrons. The number of carbonyl (C=O) groups is 1. The van der Waals surface area contributed by atoms with Gasteiger partial charge in [-0.2, -0.15) is 0 Å². The molecule has 1 aromatic rings. The standard InChI is InChI=1S/C13H17NO2/c15-13(16-12-8-4-5-9-12)14-10-11-6-2-1-3-7-11/h1-3,6-7,12H,4-5,8-10H2,(H,14,15). The number of carbonyl (C=O) groups excluding carboxylic acids is 1. The summed E-state index contributed by atoms with van der Waals surface area (Å²) in [7, 11) is 0. The first-order valence-electron chi connectivity index (χ1n) is 5.83. The van der Waals surface area contributed by atoms with E-state index in [1.165, 1.54) is 12.8 Å². The summed E-state index contributed by atoms with van der Waals surface area (Å²) < 4.78 is 5.28. The van der Waals surface area contributed by atoms with E-state index in [9.17, 15) is 4.79 Å². The zero-order chi connectivity index (χ0) is 11.2. The van der Waals surface area contributed by atoms with Crippen molar-refractivity contribution in [3.8, 4) is 0 Å². The summed E-state index contributed by atoms with van der Waals surface area (Å²) >= 11 is 0. The number of rotatable bonds is 3. The van der Waals surface area contributed by atoms with Gasteiger partial charge < -0.3 is 10.1 Å². The maximum absolute atomic E-state index is 11.4. The molecule has 3 heteroatoms. The molecule has 1 aliphatic carbocycles. The topological polar surface area (TPSA) is 38.3 Å². The lowest BCUT2D eigenvalue weighted by Crippen LogP contribution is -2.27. The first-order chi connectivity index (χ1) is 7.84. The molecule has 0 atom stereocenters. The van der Waals surface area contributed by atoms with Crippen LogP contribution in [-0.4, -0.2) is 12.2 Å². The van der Waals surface area contributed by atoms with Gasteiger partial charge in [0.05, 0.1) is 0 Å². The van der Waals surface area contributed by atoms with Crippen LogP contribution in [0.4, 0.5) is 4.79 Å². The lowest BCUT2D eigenvalue weighted by Gasteiger charge is -2.12. The smallest absolute Gasteiger partial charge is 0.407 e. The van der Waals surface area contributed by atoms with Crippen molar-refractivity contribution in [3.05, 3.63) is 35.9 Å². The number of alkyl carbamates (subject to hydrolysis) is 1. The van der Waals surface area contributed by atoms with Crippen molar-refractivity contribution in [3.63, 3.8) is 0 Å². The Balaban J connectivity index is 1.71. The fraction of sp³-hybridized carbons (Fsp3) is 0.462. The van der Waals surface area contributed by atoms with Gasteiger partial charge in [0, 0.05) is 6.54 Å². The van der Waals surface area contributed by atoms with Crippen molar-refractivity contribution in [2.75, 3.05) is 0 Å². The van der Waals surface area contributed by atoms with Crippen molar-refractivity contribution in [1.82, 2.24) is 5.32 Å². The van der Waals surface area contributed by atoms with Crippen LogP contribution in [0.1, 0.15) is 31.2 Å². The van der Waals surface area contributed by atoms with Crippen molar-refractivity contribution in [2.24, 2.45) is 0 Å². The van der Waals surface area contributed by atoms with Crippen LogP contribution in [0.25, 0.3) is 0 Å². The fourth-order valence-corrected chi connectivity index (χ4v) is 1.97. The summed E-state index contributed by atoms with van der Waals surface area (Å²) in [5.41, 5.74) is 1.09. The third kappa shape index (κ3) is 3.26. The highest BCUT2D eigenvalue weighted by Crippen LogP contribution is 2.20. The highest BCUT2D eigenvalue weighted by atomic mass is 16.6. The van der Waals surface area contributed by atoms with Crippen LogP contribution in [0.2, 0.25) is 0 Å². The van der Waals surface area contributed by atoms with E-state index in [0.29, 0.717) is 6.54 Å². The number of nitrogens with one attached hydrogen (secondary N) is 1. The number of ether oxygens (including phenoxy) is 1. The largest absolute Gasteiger partial charge is 0.446 e. The molecule has 3 nitrogen and oxygen atoms in total. The first-order valence-corrected chi connectivity index (χ1v) is 5.83. The van der Waals surface area contributed by atoms with E-state index in [0.717, 1.165) is 18.4 Å². The van der Waals surface area contributed by atoms with Crippen LogP contribution < -0.4 is 5.32 Å². The molecule has 0 heterocycles. The number of amides is 1. The van der Waals surface area contributed by atoms with Crippen LogP contribution in [-0.2, 0) is 11.3 Å². The molecular weight excluding hydrogens is 202 g/mol. The normalized spacial score (nSPS) is 16.0. The summed E-state index contributed by atoms with van der Waals surface area (Å²) in [5.74, 6) is 0. The molecule has 0 saturated heterocycles. The quantitative estimate of drug-likeness (QED) is 0.848. The van der Waals surface area contributed by atoms with Crippen LogP contribution in [0.15, 0.2) is 30.3 Å². The molecule has 0 unspecified atom stereocenters. The van der Waals surface area contributed by atoms with Gasteiger partial charge in [0.1, 0.15) is 6.10 Å². The molecule has 0 radical (unpaired) electrons. The Morgan fingerprint density at radius 1 is 1.25 bits per heavy atom. The number of hydrogen-bond donors (Lipinski definition) is 1. The summed E-state index contributed by atoms with van der Waals surface area (Å²) in [4.78, 5) is 11.4. The first kappa shape index (κ1) is 11.0. The monoisotopic (exact) mass is 219 g/mol. The molecule has 0 aromatic heterocycles. The van der Waals surface area contributed by atoms with Gasteiger partial charge in [0.25, 0.3) is 0 Å². The Morgan fingerprint density at radius 3 is 2.62 bits per heavy atom. The van der Waals surface area contributed by atoms with Gasteiger partial charge in [-0.05, 0) is 31.2 Å². The SMILES string of the molecule is O=C(NCc1ccccc1)OC1CCCC1. The average Bonchev–Trinajstić information content (AvgIpc) is 2.81. The van der Waals surface area contributed by atoms with Crippen molar-refractivity contribution in [2.45, 2.75) is 38.3 Å². The Bertz CT molecular complexity index is 331. The second-order valence-corrected chi connectivity index (χ2v) is 4.15. The van der Waals surface area contributed by atoms with Gasteiger partial charge in [0.2, 0.25) is 0 Å².